The number of aryl methyl sites for hydroxylation is 2. The third kappa shape index (κ3) is 6.42. The summed E-state index contributed by atoms with van der Waals surface area (Å²) in [6.45, 7) is 9.38. The largest absolute Gasteiger partial charge is 0.496 e. The molecule has 1 atom stereocenters. The first kappa shape index (κ1) is 29.3. The Morgan fingerprint density at radius 3 is 2.13 bits per heavy atom. The van der Waals surface area contributed by atoms with Crippen LogP contribution in [0.5, 0.6) is 11.5 Å². The summed E-state index contributed by atoms with van der Waals surface area (Å²) >= 11 is 6.23. The number of rotatable bonds is 10. The number of methoxy groups -OCH3 is 2. The van der Waals surface area contributed by atoms with Crippen molar-refractivity contribution in [2.45, 2.75) is 51.5 Å². The Balaban J connectivity index is 1.99. The fourth-order valence-corrected chi connectivity index (χ4v) is 5.89. The van der Waals surface area contributed by atoms with E-state index >= 15 is 0 Å². The van der Waals surface area contributed by atoms with E-state index in [0.717, 1.165) is 32.3 Å². The Morgan fingerprint density at radius 1 is 0.921 bits per heavy atom. The van der Waals surface area contributed by atoms with Gasteiger partial charge in [-0.25, -0.2) is 8.42 Å². The molecule has 1 amide bonds. The van der Waals surface area contributed by atoms with Crippen LogP contribution in [0.1, 0.15) is 55.0 Å². The second-order valence-corrected chi connectivity index (χ2v) is 11.8. The maximum atomic E-state index is 13.8. The lowest BCUT2D eigenvalue weighted by atomic mass is 9.93. The summed E-state index contributed by atoms with van der Waals surface area (Å²) in [5, 5.41) is 3.28. The molecule has 0 aromatic heterocycles. The zero-order chi connectivity index (χ0) is 28.2. The molecule has 7 nitrogen and oxygen atoms in total. The minimum absolute atomic E-state index is 0.0542. The second-order valence-electron chi connectivity index (χ2n) is 9.54. The second kappa shape index (κ2) is 12.1. The van der Waals surface area contributed by atoms with E-state index in [-0.39, 0.29) is 28.3 Å². The lowest BCUT2D eigenvalue weighted by molar-refractivity contribution is -0.120. The monoisotopic (exact) mass is 558 g/mol. The van der Waals surface area contributed by atoms with E-state index in [1.807, 2.05) is 32.9 Å². The summed E-state index contributed by atoms with van der Waals surface area (Å²) < 4.78 is 39.6. The number of carbonyl (C=O) groups is 1. The molecule has 204 valence electrons. The molecule has 0 aliphatic heterocycles. The molecule has 0 fully saturated rings. The molecular weight excluding hydrogens is 524 g/mol. The molecule has 0 aliphatic carbocycles. The van der Waals surface area contributed by atoms with Crippen LogP contribution in [-0.2, 0) is 14.8 Å². The number of nitrogens with zero attached hydrogens (tertiary/aromatic N) is 1. The van der Waals surface area contributed by atoms with E-state index in [1.165, 1.54) is 25.3 Å². The van der Waals surface area contributed by atoms with Crippen LogP contribution in [-0.4, -0.2) is 35.1 Å². The van der Waals surface area contributed by atoms with Crippen molar-refractivity contribution in [3.8, 4) is 11.5 Å². The lowest BCUT2D eigenvalue weighted by Crippen LogP contribution is -2.41. The Morgan fingerprint density at radius 2 is 1.55 bits per heavy atom. The van der Waals surface area contributed by atoms with Crippen LogP contribution in [0.4, 0.5) is 5.69 Å². The van der Waals surface area contributed by atoms with Crippen molar-refractivity contribution >= 4 is 33.2 Å². The average Bonchev–Trinajstić information content (AvgIpc) is 2.86. The van der Waals surface area contributed by atoms with Crippen LogP contribution >= 0.6 is 11.6 Å². The third-order valence-electron chi connectivity index (χ3n) is 6.39. The molecular formula is C29H35ClN2O5S. The molecule has 0 saturated heterocycles. The highest BCUT2D eigenvalue weighted by Gasteiger charge is 2.30. The molecule has 0 aliphatic rings. The van der Waals surface area contributed by atoms with Crippen LogP contribution in [0.3, 0.4) is 0 Å². The summed E-state index contributed by atoms with van der Waals surface area (Å²) in [5.41, 5.74) is 4.00. The number of hydrogen-bond acceptors (Lipinski definition) is 5. The Hall–Kier alpha value is -3.23. The van der Waals surface area contributed by atoms with E-state index in [0.29, 0.717) is 5.02 Å². The van der Waals surface area contributed by atoms with Gasteiger partial charge < -0.3 is 14.8 Å². The standard InChI is InChI=1S/C29H35ClN2O5S/c1-18(2)24-16-25(20(4)14-28(24)37-7)21(5)31-29(33)17-32(26-15-22(30)10-13-27(26)36-6)38(34,35)23-11-8-19(3)9-12-23/h8-16,18,21H,17H2,1-7H3,(H,31,33)/t21-/m0/s1. The van der Waals surface area contributed by atoms with E-state index < -0.39 is 22.5 Å². The van der Waals surface area contributed by atoms with Gasteiger partial charge >= 0.3 is 0 Å². The van der Waals surface area contributed by atoms with Crippen molar-refractivity contribution in [1.29, 1.82) is 0 Å². The number of carbonyl (C=O) groups excluding carboxylic acids is 1. The van der Waals surface area contributed by atoms with Gasteiger partial charge in [0.1, 0.15) is 18.0 Å². The van der Waals surface area contributed by atoms with Crippen LogP contribution in [0.25, 0.3) is 0 Å². The average molecular weight is 559 g/mol. The zero-order valence-electron chi connectivity index (χ0n) is 22.8. The van der Waals surface area contributed by atoms with Gasteiger partial charge in [0.15, 0.2) is 0 Å². The maximum Gasteiger partial charge on any atom is 0.264 e. The van der Waals surface area contributed by atoms with Crippen molar-refractivity contribution in [3.05, 3.63) is 81.9 Å². The quantitative estimate of drug-likeness (QED) is 0.321. The zero-order valence-corrected chi connectivity index (χ0v) is 24.4. The topological polar surface area (TPSA) is 84.9 Å². The summed E-state index contributed by atoms with van der Waals surface area (Å²) in [4.78, 5) is 13.4. The van der Waals surface area contributed by atoms with Crippen LogP contribution < -0.4 is 19.1 Å². The van der Waals surface area contributed by atoms with Gasteiger partial charge in [-0.1, -0.05) is 43.1 Å². The number of hydrogen-bond donors (Lipinski definition) is 1. The van der Waals surface area contributed by atoms with Crippen molar-refractivity contribution in [3.63, 3.8) is 0 Å². The number of anilines is 1. The molecule has 3 rings (SSSR count). The van der Waals surface area contributed by atoms with E-state index in [2.05, 4.69) is 19.2 Å². The lowest BCUT2D eigenvalue weighted by Gasteiger charge is -2.27. The van der Waals surface area contributed by atoms with Gasteiger partial charge in [0, 0.05) is 5.02 Å². The van der Waals surface area contributed by atoms with E-state index in [1.54, 1.807) is 31.4 Å². The first-order valence-corrected chi connectivity index (χ1v) is 14.1. The summed E-state index contributed by atoms with van der Waals surface area (Å²) in [6, 6.07) is 14.7. The van der Waals surface area contributed by atoms with Gasteiger partial charge in [0.2, 0.25) is 5.91 Å². The molecule has 1 N–H and O–H groups in total. The highest BCUT2D eigenvalue weighted by atomic mass is 35.5. The van der Waals surface area contributed by atoms with E-state index in [9.17, 15) is 13.2 Å². The van der Waals surface area contributed by atoms with Gasteiger partial charge in [-0.2, -0.15) is 0 Å². The molecule has 0 bridgehead atoms. The van der Waals surface area contributed by atoms with Crippen molar-refractivity contribution in [1.82, 2.24) is 5.32 Å². The predicted molar refractivity (Wildman–Crippen MR) is 152 cm³/mol. The highest BCUT2D eigenvalue weighted by molar-refractivity contribution is 7.92. The molecule has 3 aromatic rings. The number of amides is 1. The molecule has 0 spiro atoms. The van der Waals surface area contributed by atoms with Crippen LogP contribution in [0.2, 0.25) is 5.02 Å². The third-order valence-corrected chi connectivity index (χ3v) is 8.40. The molecule has 38 heavy (non-hydrogen) atoms. The molecule has 0 heterocycles. The molecule has 0 saturated carbocycles. The molecule has 9 heteroatoms. The van der Waals surface area contributed by atoms with Crippen molar-refractivity contribution in [2.24, 2.45) is 0 Å². The number of ether oxygens (including phenoxy) is 2. The van der Waals surface area contributed by atoms with E-state index in [4.69, 9.17) is 21.1 Å². The maximum absolute atomic E-state index is 13.8. The Bertz CT molecular complexity index is 1410. The number of benzene rings is 3. The van der Waals surface area contributed by atoms with Gasteiger partial charge in [-0.05, 0) is 85.8 Å². The van der Waals surface area contributed by atoms with Gasteiger partial charge in [-0.3, -0.25) is 9.10 Å². The molecule has 0 unspecified atom stereocenters. The SMILES string of the molecule is COc1cc(C)c([C@H](C)NC(=O)CN(c2cc(Cl)ccc2OC)S(=O)(=O)c2ccc(C)cc2)cc1C(C)C. The Kier molecular flexibility index (Phi) is 9.33. The predicted octanol–water partition coefficient (Wildman–Crippen LogP) is 6.17. The summed E-state index contributed by atoms with van der Waals surface area (Å²) in [5.74, 6) is 0.816. The normalized spacial score (nSPS) is 12.2. The summed E-state index contributed by atoms with van der Waals surface area (Å²) in [6.07, 6.45) is 0. The van der Waals surface area contributed by atoms with Crippen molar-refractivity contribution < 1.29 is 22.7 Å². The highest BCUT2D eigenvalue weighted by Crippen LogP contribution is 2.35. The van der Waals surface area contributed by atoms with Gasteiger partial charge in [0.25, 0.3) is 10.0 Å². The van der Waals surface area contributed by atoms with Crippen molar-refractivity contribution in [2.75, 3.05) is 25.1 Å². The number of halogens is 1. The van der Waals surface area contributed by atoms with Crippen LogP contribution in [0.15, 0.2) is 59.5 Å². The van der Waals surface area contributed by atoms with Crippen LogP contribution in [0, 0.1) is 13.8 Å². The summed E-state index contributed by atoms with van der Waals surface area (Å²) in [7, 11) is -1.06. The van der Waals surface area contributed by atoms with Gasteiger partial charge in [-0.15, -0.1) is 0 Å². The molecule has 3 aromatic carbocycles. The fraction of sp³-hybridized carbons (Fsp3) is 0.345. The minimum atomic E-state index is -4.13. The molecule has 0 radical (unpaired) electrons. The first-order valence-electron chi connectivity index (χ1n) is 12.3. The van der Waals surface area contributed by atoms with Gasteiger partial charge in [0.05, 0.1) is 30.8 Å². The number of nitrogens with one attached hydrogen (secondary N) is 1. The minimum Gasteiger partial charge on any atom is -0.496 e. The first-order chi connectivity index (χ1) is 17.9. The smallest absolute Gasteiger partial charge is 0.264 e. The number of sulfonamides is 1. The Labute approximate surface area is 230 Å². The fourth-order valence-electron chi connectivity index (χ4n) is 4.30.